The molecule has 0 amide bonds. The van der Waals surface area contributed by atoms with Crippen molar-refractivity contribution in [1.82, 2.24) is 0 Å². The van der Waals surface area contributed by atoms with E-state index >= 15 is 0 Å². The van der Waals surface area contributed by atoms with Crippen LogP contribution in [0.2, 0.25) is 0 Å². The van der Waals surface area contributed by atoms with Gasteiger partial charge in [0.25, 0.3) is 0 Å². The normalized spacial score (nSPS) is 17.6. The van der Waals surface area contributed by atoms with E-state index < -0.39 is 22.8 Å². The number of aliphatic hydroxyl groups excluding tert-OH is 1. The van der Waals surface area contributed by atoms with Gasteiger partial charge in [-0.3, -0.25) is 4.79 Å². The molecule has 0 saturated carbocycles. The maximum Gasteiger partial charge on any atom is 0.318 e. The van der Waals surface area contributed by atoms with Gasteiger partial charge in [-0.25, -0.2) is 0 Å². The van der Waals surface area contributed by atoms with Gasteiger partial charge in [0.1, 0.15) is 5.25 Å². The Labute approximate surface area is 88.4 Å². The highest BCUT2D eigenvalue weighted by atomic mass is 32.1. The molecule has 78 valence electrons. The Kier molecular flexibility index (Phi) is 6.58. The summed E-state index contributed by atoms with van der Waals surface area (Å²) in [4.78, 5) is 10.9. The van der Waals surface area contributed by atoms with Gasteiger partial charge in [0.05, 0.1) is 12.4 Å². The quantitative estimate of drug-likeness (QED) is 0.354. The molecule has 0 heterocycles. The molecule has 0 aliphatic heterocycles. The summed E-state index contributed by atoms with van der Waals surface area (Å²) in [6.45, 7) is 0. The van der Waals surface area contributed by atoms with Crippen LogP contribution in [0, 0.1) is 0 Å². The standard InChI is InChI=1S/C7H14O4S2/c1-10-6(8)4(12)3-5(13)7(9)11-2/h4-6,8,12-13H,3H2,1-2H3. The SMILES string of the molecule is COC(=O)C(S)CC(S)C(O)OC. The lowest BCUT2D eigenvalue weighted by Crippen LogP contribution is -2.29. The largest absolute Gasteiger partial charge is 0.468 e. The lowest BCUT2D eigenvalue weighted by atomic mass is 10.2. The Bertz CT molecular complexity index is 165. The molecule has 0 saturated heterocycles. The molecule has 3 unspecified atom stereocenters. The Morgan fingerprint density at radius 3 is 2.38 bits per heavy atom. The lowest BCUT2D eigenvalue weighted by molar-refractivity contribution is -0.140. The van der Waals surface area contributed by atoms with Crippen molar-refractivity contribution in [2.45, 2.75) is 23.2 Å². The number of ether oxygens (including phenoxy) is 2. The monoisotopic (exact) mass is 226 g/mol. The van der Waals surface area contributed by atoms with Crippen molar-refractivity contribution in [1.29, 1.82) is 0 Å². The molecule has 4 nitrogen and oxygen atoms in total. The molecular formula is C7H14O4S2. The highest BCUT2D eigenvalue weighted by molar-refractivity contribution is 7.82. The van der Waals surface area contributed by atoms with E-state index in [-0.39, 0.29) is 6.42 Å². The number of rotatable bonds is 5. The van der Waals surface area contributed by atoms with Crippen LogP contribution in [0.5, 0.6) is 0 Å². The summed E-state index contributed by atoms with van der Waals surface area (Å²) in [7, 11) is 2.64. The summed E-state index contributed by atoms with van der Waals surface area (Å²) in [5, 5.41) is 8.11. The van der Waals surface area contributed by atoms with Crippen molar-refractivity contribution in [3.63, 3.8) is 0 Å². The number of methoxy groups -OCH3 is 2. The van der Waals surface area contributed by atoms with E-state index in [1.807, 2.05) is 0 Å². The van der Waals surface area contributed by atoms with Crippen molar-refractivity contribution in [2.75, 3.05) is 14.2 Å². The summed E-state index contributed by atoms with van der Waals surface area (Å²) in [6.07, 6.45) is -0.712. The first-order valence-corrected chi connectivity index (χ1v) is 4.71. The number of aliphatic hydroxyl groups is 1. The smallest absolute Gasteiger partial charge is 0.318 e. The van der Waals surface area contributed by atoms with Crippen LogP contribution < -0.4 is 0 Å². The van der Waals surface area contributed by atoms with Gasteiger partial charge in [-0.2, -0.15) is 25.3 Å². The zero-order valence-corrected chi connectivity index (χ0v) is 9.29. The van der Waals surface area contributed by atoms with Crippen molar-refractivity contribution in [2.24, 2.45) is 0 Å². The summed E-state index contributed by atoms with van der Waals surface area (Å²) in [5.74, 6) is -0.439. The van der Waals surface area contributed by atoms with Gasteiger partial charge in [0.2, 0.25) is 0 Å². The molecule has 0 aliphatic rings. The Morgan fingerprint density at radius 1 is 1.46 bits per heavy atom. The van der Waals surface area contributed by atoms with Gasteiger partial charge in [-0.05, 0) is 6.42 Å². The Morgan fingerprint density at radius 2 is 2.00 bits per heavy atom. The minimum absolute atomic E-state index is 0.286. The van der Waals surface area contributed by atoms with Gasteiger partial charge >= 0.3 is 5.97 Å². The van der Waals surface area contributed by atoms with Crippen LogP contribution in [0.3, 0.4) is 0 Å². The molecule has 0 aliphatic carbocycles. The molecule has 0 aromatic rings. The zero-order valence-electron chi connectivity index (χ0n) is 7.51. The molecule has 6 heteroatoms. The Balaban J connectivity index is 3.90. The van der Waals surface area contributed by atoms with E-state index in [2.05, 4.69) is 34.7 Å². The lowest BCUT2D eigenvalue weighted by Gasteiger charge is -2.18. The van der Waals surface area contributed by atoms with Gasteiger partial charge < -0.3 is 14.6 Å². The summed E-state index contributed by atoms with van der Waals surface area (Å²) in [6, 6.07) is 0. The van der Waals surface area contributed by atoms with Crippen LogP contribution in [0.25, 0.3) is 0 Å². The molecule has 0 aromatic carbocycles. The predicted molar refractivity (Wildman–Crippen MR) is 55.2 cm³/mol. The van der Waals surface area contributed by atoms with Crippen molar-refractivity contribution < 1.29 is 19.4 Å². The number of esters is 1. The summed E-state index contributed by atoms with van der Waals surface area (Å²) in [5.41, 5.74) is 0. The summed E-state index contributed by atoms with van der Waals surface area (Å²) < 4.78 is 9.07. The van der Waals surface area contributed by atoms with Gasteiger partial charge in [-0.15, -0.1) is 0 Å². The van der Waals surface area contributed by atoms with E-state index in [1.165, 1.54) is 14.2 Å². The predicted octanol–water partition coefficient (Wildman–Crippen LogP) is 0.111. The highest BCUT2D eigenvalue weighted by Crippen LogP contribution is 2.15. The molecule has 0 aromatic heterocycles. The number of hydrogen-bond donors (Lipinski definition) is 3. The number of thiol groups is 2. The molecule has 3 atom stereocenters. The maximum absolute atomic E-state index is 10.9. The fourth-order valence-electron chi connectivity index (χ4n) is 0.735. The fourth-order valence-corrected chi connectivity index (χ4v) is 1.57. The first-order chi connectivity index (χ1) is 6.02. The van der Waals surface area contributed by atoms with Gasteiger partial charge in [-0.1, -0.05) is 0 Å². The van der Waals surface area contributed by atoms with Crippen LogP contribution in [-0.4, -0.2) is 42.1 Å². The molecular weight excluding hydrogens is 212 g/mol. The van der Waals surface area contributed by atoms with Crippen molar-refractivity contribution in [3.8, 4) is 0 Å². The van der Waals surface area contributed by atoms with Gasteiger partial charge in [0.15, 0.2) is 6.29 Å². The van der Waals surface area contributed by atoms with E-state index in [0.29, 0.717) is 0 Å². The van der Waals surface area contributed by atoms with Crippen LogP contribution in [0.4, 0.5) is 0 Å². The molecule has 0 spiro atoms. The second-order valence-electron chi connectivity index (χ2n) is 2.47. The molecule has 13 heavy (non-hydrogen) atoms. The Hall–Kier alpha value is 0.0900. The minimum Gasteiger partial charge on any atom is -0.468 e. The first-order valence-electron chi connectivity index (χ1n) is 3.67. The number of carbonyl (C=O) groups is 1. The average Bonchev–Trinajstić information content (AvgIpc) is 2.14. The third-order valence-corrected chi connectivity index (χ3v) is 2.40. The molecule has 0 radical (unpaired) electrons. The van der Waals surface area contributed by atoms with Crippen LogP contribution >= 0.6 is 25.3 Å². The number of hydrogen-bond acceptors (Lipinski definition) is 6. The second-order valence-corrected chi connectivity index (χ2v) is 3.75. The third kappa shape index (κ3) is 4.75. The zero-order chi connectivity index (χ0) is 10.4. The van der Waals surface area contributed by atoms with E-state index in [4.69, 9.17) is 5.11 Å². The second kappa shape index (κ2) is 6.53. The third-order valence-electron chi connectivity index (χ3n) is 1.51. The van der Waals surface area contributed by atoms with Crippen LogP contribution in [0.1, 0.15) is 6.42 Å². The number of carbonyl (C=O) groups excluding carboxylic acids is 1. The van der Waals surface area contributed by atoms with E-state index in [9.17, 15) is 4.79 Å². The van der Waals surface area contributed by atoms with Crippen molar-refractivity contribution in [3.05, 3.63) is 0 Å². The van der Waals surface area contributed by atoms with Crippen LogP contribution in [-0.2, 0) is 14.3 Å². The van der Waals surface area contributed by atoms with E-state index in [0.717, 1.165) is 0 Å². The topological polar surface area (TPSA) is 55.8 Å². The fraction of sp³-hybridized carbons (Fsp3) is 0.857. The molecule has 0 fully saturated rings. The maximum atomic E-state index is 10.9. The minimum atomic E-state index is -0.998. The summed E-state index contributed by atoms with van der Waals surface area (Å²) >= 11 is 8.03. The van der Waals surface area contributed by atoms with Crippen LogP contribution in [0.15, 0.2) is 0 Å². The first kappa shape index (κ1) is 13.1. The molecule has 0 bridgehead atoms. The molecule has 1 N–H and O–H groups in total. The highest BCUT2D eigenvalue weighted by Gasteiger charge is 2.22. The van der Waals surface area contributed by atoms with Crippen molar-refractivity contribution >= 4 is 31.2 Å². The van der Waals surface area contributed by atoms with E-state index in [1.54, 1.807) is 0 Å². The van der Waals surface area contributed by atoms with Gasteiger partial charge in [0, 0.05) is 7.11 Å². The average molecular weight is 226 g/mol. The molecule has 0 rings (SSSR count).